The quantitative estimate of drug-likeness (QED) is 0.761. The zero-order valence-electron chi connectivity index (χ0n) is 8.56. The molecule has 0 saturated carbocycles. The fourth-order valence-corrected chi connectivity index (χ4v) is 1.36. The van der Waals surface area contributed by atoms with E-state index in [1.165, 1.54) is 6.07 Å². The fraction of sp³-hybridized carbons (Fsp3) is 0.333. The molecule has 0 aromatic heterocycles. The van der Waals surface area contributed by atoms with Crippen molar-refractivity contribution in [3.8, 4) is 12.3 Å². The van der Waals surface area contributed by atoms with Gasteiger partial charge in [0.2, 0.25) is 0 Å². The van der Waals surface area contributed by atoms with Gasteiger partial charge in [0.1, 0.15) is 11.6 Å². The third-order valence-electron chi connectivity index (χ3n) is 2.28. The van der Waals surface area contributed by atoms with Crippen molar-refractivity contribution in [2.24, 2.45) is 5.73 Å². The van der Waals surface area contributed by atoms with Gasteiger partial charge in [0, 0.05) is 24.1 Å². The van der Waals surface area contributed by atoms with E-state index in [-0.39, 0.29) is 0 Å². The van der Waals surface area contributed by atoms with Crippen LogP contribution in [0.15, 0.2) is 12.1 Å². The van der Waals surface area contributed by atoms with Crippen LogP contribution in [-0.2, 0) is 0 Å². The maximum absolute atomic E-state index is 13.3. The Morgan fingerprint density at radius 1 is 1.40 bits per heavy atom. The molecule has 80 valence electrons. The Morgan fingerprint density at radius 3 is 2.67 bits per heavy atom. The van der Waals surface area contributed by atoms with Crippen molar-refractivity contribution in [1.29, 1.82) is 0 Å². The van der Waals surface area contributed by atoms with Gasteiger partial charge in [-0.15, -0.1) is 12.3 Å². The number of nitrogens with two attached hydrogens (primary N) is 1. The summed E-state index contributed by atoms with van der Waals surface area (Å²) in [5.74, 6) is 1.27. The Hall–Kier alpha value is -1.40. The van der Waals surface area contributed by atoms with Crippen LogP contribution < -0.4 is 5.73 Å². The van der Waals surface area contributed by atoms with Gasteiger partial charge in [-0.25, -0.2) is 8.78 Å². The first-order valence-electron chi connectivity index (χ1n) is 4.71. The first-order chi connectivity index (χ1) is 7.06. The zero-order valence-corrected chi connectivity index (χ0v) is 8.56. The van der Waals surface area contributed by atoms with Crippen molar-refractivity contribution < 1.29 is 8.78 Å². The van der Waals surface area contributed by atoms with Crippen molar-refractivity contribution in [3.05, 3.63) is 34.9 Å². The average Bonchev–Trinajstić information content (AvgIpc) is 2.20. The Balaban J connectivity index is 2.94. The molecule has 0 bridgehead atoms. The van der Waals surface area contributed by atoms with E-state index in [0.29, 0.717) is 24.0 Å². The molecule has 3 heteroatoms. The largest absolute Gasteiger partial charge is 0.324 e. The first-order valence-corrected chi connectivity index (χ1v) is 4.71. The van der Waals surface area contributed by atoms with Crippen LogP contribution >= 0.6 is 0 Å². The summed E-state index contributed by atoms with van der Waals surface area (Å²) in [7, 11) is 0. The predicted octanol–water partition coefficient (Wildman–Crippen LogP) is 2.69. The highest BCUT2D eigenvalue weighted by Gasteiger charge is 2.13. The third kappa shape index (κ3) is 2.77. The van der Waals surface area contributed by atoms with Crippen LogP contribution in [0.5, 0.6) is 0 Å². The van der Waals surface area contributed by atoms with E-state index in [1.54, 1.807) is 6.92 Å². The summed E-state index contributed by atoms with van der Waals surface area (Å²) in [5.41, 5.74) is 6.46. The molecule has 0 saturated heterocycles. The Kier molecular flexibility index (Phi) is 3.81. The molecule has 1 rings (SSSR count). The molecule has 15 heavy (non-hydrogen) atoms. The molecule has 2 N–H and O–H groups in total. The van der Waals surface area contributed by atoms with Gasteiger partial charge in [-0.3, -0.25) is 0 Å². The number of aryl methyl sites for hydroxylation is 1. The Labute approximate surface area is 88.3 Å². The number of halogens is 2. The highest BCUT2D eigenvalue weighted by atomic mass is 19.1. The van der Waals surface area contributed by atoms with Crippen LogP contribution in [0.25, 0.3) is 0 Å². The number of hydrogen-bond donors (Lipinski definition) is 1. The lowest BCUT2D eigenvalue weighted by Crippen LogP contribution is -2.12. The van der Waals surface area contributed by atoms with Crippen LogP contribution in [0.2, 0.25) is 0 Å². The normalized spacial score (nSPS) is 12.2. The summed E-state index contributed by atoms with van der Waals surface area (Å²) >= 11 is 0. The molecular weight excluding hydrogens is 196 g/mol. The summed E-state index contributed by atoms with van der Waals surface area (Å²) < 4.78 is 26.3. The van der Waals surface area contributed by atoms with Gasteiger partial charge in [-0.05, 0) is 25.0 Å². The third-order valence-corrected chi connectivity index (χ3v) is 2.28. The molecule has 0 spiro atoms. The van der Waals surface area contributed by atoms with Crippen molar-refractivity contribution in [2.75, 3.05) is 0 Å². The highest BCUT2D eigenvalue weighted by Crippen LogP contribution is 2.22. The molecule has 1 nitrogen and oxygen atoms in total. The smallest absolute Gasteiger partial charge is 0.130 e. The van der Waals surface area contributed by atoms with Crippen LogP contribution in [0, 0.1) is 30.9 Å². The van der Waals surface area contributed by atoms with Gasteiger partial charge < -0.3 is 5.73 Å². The summed E-state index contributed by atoms with van der Waals surface area (Å²) in [6, 6.07) is 1.83. The van der Waals surface area contributed by atoms with E-state index < -0.39 is 17.7 Å². The van der Waals surface area contributed by atoms with Crippen molar-refractivity contribution >= 4 is 0 Å². The number of terminal acetylenes is 1. The summed E-state index contributed by atoms with van der Waals surface area (Å²) in [5, 5.41) is 0. The molecule has 0 aliphatic rings. The van der Waals surface area contributed by atoms with E-state index in [1.807, 2.05) is 0 Å². The first kappa shape index (κ1) is 11.7. The maximum atomic E-state index is 13.3. The monoisotopic (exact) mass is 209 g/mol. The molecular formula is C12H13F2N. The van der Waals surface area contributed by atoms with Crippen LogP contribution in [0.1, 0.15) is 30.0 Å². The molecule has 0 aliphatic heterocycles. The fourth-order valence-electron chi connectivity index (χ4n) is 1.36. The van der Waals surface area contributed by atoms with Crippen molar-refractivity contribution in [1.82, 2.24) is 0 Å². The average molecular weight is 209 g/mol. The van der Waals surface area contributed by atoms with Gasteiger partial charge >= 0.3 is 0 Å². The van der Waals surface area contributed by atoms with E-state index in [4.69, 9.17) is 12.2 Å². The molecule has 1 unspecified atom stereocenters. The minimum Gasteiger partial charge on any atom is -0.324 e. The summed E-state index contributed by atoms with van der Waals surface area (Å²) in [6.45, 7) is 1.58. The minimum atomic E-state index is -0.609. The van der Waals surface area contributed by atoms with Crippen LogP contribution in [-0.4, -0.2) is 0 Å². The number of benzene rings is 1. The molecule has 0 aliphatic carbocycles. The zero-order chi connectivity index (χ0) is 11.4. The Bertz CT molecular complexity index is 393. The molecule has 0 fully saturated rings. The van der Waals surface area contributed by atoms with Crippen LogP contribution in [0.4, 0.5) is 8.78 Å². The molecule has 0 amide bonds. The lowest BCUT2D eigenvalue weighted by molar-refractivity contribution is 0.542. The molecule has 1 aromatic rings. The SMILES string of the molecule is C#CCCC(N)c1cc(C)c(F)cc1F. The predicted molar refractivity (Wildman–Crippen MR) is 56.1 cm³/mol. The highest BCUT2D eigenvalue weighted by molar-refractivity contribution is 5.28. The van der Waals surface area contributed by atoms with Crippen molar-refractivity contribution in [2.45, 2.75) is 25.8 Å². The second-order valence-electron chi connectivity index (χ2n) is 3.47. The van der Waals surface area contributed by atoms with Gasteiger partial charge in [-0.2, -0.15) is 0 Å². The summed E-state index contributed by atoms with van der Waals surface area (Å²) in [4.78, 5) is 0. The van der Waals surface area contributed by atoms with Gasteiger partial charge in [-0.1, -0.05) is 0 Å². The van der Waals surface area contributed by atoms with E-state index in [2.05, 4.69) is 5.92 Å². The lowest BCUT2D eigenvalue weighted by Gasteiger charge is -2.12. The van der Waals surface area contributed by atoms with Crippen LogP contribution in [0.3, 0.4) is 0 Å². The van der Waals surface area contributed by atoms with Gasteiger partial charge in [0.05, 0.1) is 0 Å². The molecule has 1 aromatic carbocycles. The number of rotatable bonds is 3. The van der Waals surface area contributed by atoms with Gasteiger partial charge in [0.25, 0.3) is 0 Å². The molecule has 0 radical (unpaired) electrons. The second-order valence-corrected chi connectivity index (χ2v) is 3.47. The van der Waals surface area contributed by atoms with E-state index in [0.717, 1.165) is 6.07 Å². The molecule has 0 heterocycles. The topological polar surface area (TPSA) is 26.0 Å². The summed E-state index contributed by atoms with van der Waals surface area (Å²) in [6.07, 6.45) is 6.07. The maximum Gasteiger partial charge on any atom is 0.130 e. The Morgan fingerprint density at radius 2 is 2.07 bits per heavy atom. The second kappa shape index (κ2) is 4.90. The lowest BCUT2D eigenvalue weighted by atomic mass is 10.0. The minimum absolute atomic E-state index is 0.323. The van der Waals surface area contributed by atoms with Gasteiger partial charge in [0.15, 0.2) is 0 Å². The van der Waals surface area contributed by atoms with Crippen molar-refractivity contribution in [3.63, 3.8) is 0 Å². The number of hydrogen-bond acceptors (Lipinski definition) is 1. The standard InChI is InChI=1S/C12H13F2N/c1-3-4-5-12(15)9-6-8(2)10(13)7-11(9)14/h1,6-7,12H,4-5,15H2,2H3. The van der Waals surface area contributed by atoms with E-state index >= 15 is 0 Å². The molecule has 1 atom stereocenters. The van der Waals surface area contributed by atoms with E-state index in [9.17, 15) is 8.78 Å².